The molecule has 88 valence electrons. The van der Waals surface area contributed by atoms with Crippen LogP contribution in [0.3, 0.4) is 0 Å². The number of amides is 1. The number of carbonyl (C=O) groups is 1. The van der Waals surface area contributed by atoms with Crippen LogP contribution in [0.4, 0.5) is 0 Å². The van der Waals surface area contributed by atoms with E-state index in [-0.39, 0.29) is 5.91 Å². The summed E-state index contributed by atoms with van der Waals surface area (Å²) in [5.74, 6) is 2.56. The molecule has 0 saturated carbocycles. The SMILES string of the molecule is CC(C)CONC(=O)CC1CSCCN1. The first-order valence-electron chi connectivity index (χ1n) is 5.40. The van der Waals surface area contributed by atoms with Crippen LogP contribution in [0.25, 0.3) is 0 Å². The van der Waals surface area contributed by atoms with Crippen LogP contribution in [0, 0.1) is 5.92 Å². The van der Waals surface area contributed by atoms with Gasteiger partial charge in [-0.15, -0.1) is 0 Å². The van der Waals surface area contributed by atoms with Gasteiger partial charge in [0.15, 0.2) is 0 Å². The Morgan fingerprint density at radius 3 is 3.07 bits per heavy atom. The highest BCUT2D eigenvalue weighted by Crippen LogP contribution is 2.09. The minimum absolute atomic E-state index is 0.0318. The van der Waals surface area contributed by atoms with Gasteiger partial charge < -0.3 is 5.32 Å². The van der Waals surface area contributed by atoms with Crippen LogP contribution >= 0.6 is 11.8 Å². The molecule has 1 rings (SSSR count). The van der Waals surface area contributed by atoms with Gasteiger partial charge in [-0.3, -0.25) is 9.63 Å². The van der Waals surface area contributed by atoms with Crippen molar-refractivity contribution >= 4 is 17.7 Å². The highest BCUT2D eigenvalue weighted by Gasteiger charge is 2.16. The molecule has 1 atom stereocenters. The first-order valence-corrected chi connectivity index (χ1v) is 6.55. The largest absolute Gasteiger partial charge is 0.312 e. The number of rotatable bonds is 5. The van der Waals surface area contributed by atoms with E-state index in [4.69, 9.17) is 4.84 Å². The van der Waals surface area contributed by atoms with Gasteiger partial charge in [0.2, 0.25) is 5.91 Å². The highest BCUT2D eigenvalue weighted by atomic mass is 32.2. The zero-order chi connectivity index (χ0) is 11.1. The van der Waals surface area contributed by atoms with Gasteiger partial charge in [-0.2, -0.15) is 11.8 Å². The number of hydrogen-bond donors (Lipinski definition) is 2. The minimum atomic E-state index is -0.0318. The highest BCUT2D eigenvalue weighted by molar-refractivity contribution is 7.99. The quantitative estimate of drug-likeness (QED) is 0.688. The van der Waals surface area contributed by atoms with Crippen molar-refractivity contribution in [1.29, 1.82) is 0 Å². The van der Waals surface area contributed by atoms with Crippen molar-refractivity contribution in [2.24, 2.45) is 5.92 Å². The second-order valence-electron chi connectivity index (χ2n) is 4.16. The standard InChI is InChI=1S/C10H20N2O2S/c1-8(2)6-14-12-10(13)5-9-7-15-4-3-11-9/h8-9,11H,3-7H2,1-2H3,(H,12,13). The Balaban J connectivity index is 2.06. The summed E-state index contributed by atoms with van der Waals surface area (Å²) in [6.45, 7) is 5.66. The van der Waals surface area contributed by atoms with Crippen LogP contribution in [-0.2, 0) is 9.63 Å². The number of nitrogens with one attached hydrogen (secondary N) is 2. The maximum absolute atomic E-state index is 11.4. The van der Waals surface area contributed by atoms with Gasteiger partial charge in [0.1, 0.15) is 0 Å². The zero-order valence-corrected chi connectivity index (χ0v) is 10.2. The van der Waals surface area contributed by atoms with Crippen LogP contribution in [0.5, 0.6) is 0 Å². The van der Waals surface area contributed by atoms with E-state index in [1.165, 1.54) is 0 Å². The maximum atomic E-state index is 11.4. The zero-order valence-electron chi connectivity index (χ0n) is 9.41. The molecule has 1 saturated heterocycles. The molecule has 2 N–H and O–H groups in total. The molecule has 15 heavy (non-hydrogen) atoms. The van der Waals surface area contributed by atoms with E-state index in [1.807, 2.05) is 25.6 Å². The predicted octanol–water partition coefficient (Wildman–Crippen LogP) is 0.785. The third-order valence-corrected chi connectivity index (χ3v) is 3.16. The van der Waals surface area contributed by atoms with Crippen molar-refractivity contribution in [3.05, 3.63) is 0 Å². The molecule has 1 fully saturated rings. The third kappa shape index (κ3) is 6.02. The molecule has 1 heterocycles. The summed E-state index contributed by atoms with van der Waals surface area (Å²) in [4.78, 5) is 16.5. The second kappa shape index (κ2) is 7.09. The van der Waals surface area contributed by atoms with Gasteiger partial charge >= 0.3 is 0 Å². The maximum Gasteiger partial charge on any atom is 0.245 e. The first kappa shape index (κ1) is 12.8. The van der Waals surface area contributed by atoms with E-state index in [2.05, 4.69) is 10.8 Å². The minimum Gasteiger partial charge on any atom is -0.312 e. The molecule has 1 amide bonds. The van der Waals surface area contributed by atoms with Gasteiger partial charge in [0.05, 0.1) is 6.61 Å². The molecule has 0 aromatic rings. The number of thioether (sulfide) groups is 1. The Labute approximate surface area is 95.5 Å². The fraction of sp³-hybridized carbons (Fsp3) is 0.900. The summed E-state index contributed by atoms with van der Waals surface area (Å²) in [5, 5.41) is 3.31. The fourth-order valence-corrected chi connectivity index (χ4v) is 2.25. The molecule has 5 heteroatoms. The number of hydrogen-bond acceptors (Lipinski definition) is 4. The van der Waals surface area contributed by atoms with Gasteiger partial charge in [-0.1, -0.05) is 13.8 Å². The Bertz CT molecular complexity index is 194. The molecule has 1 unspecified atom stereocenters. The molecule has 0 radical (unpaired) electrons. The van der Waals surface area contributed by atoms with Crippen molar-refractivity contribution in [3.8, 4) is 0 Å². The van der Waals surface area contributed by atoms with E-state index in [9.17, 15) is 4.79 Å². The summed E-state index contributed by atoms with van der Waals surface area (Å²) >= 11 is 1.89. The molecule has 0 aliphatic carbocycles. The molecule has 4 nitrogen and oxygen atoms in total. The van der Waals surface area contributed by atoms with E-state index in [1.54, 1.807) is 0 Å². The topological polar surface area (TPSA) is 50.4 Å². The molecule has 0 spiro atoms. The summed E-state index contributed by atoms with van der Waals surface area (Å²) in [7, 11) is 0. The van der Waals surface area contributed by atoms with Crippen molar-refractivity contribution in [2.75, 3.05) is 24.7 Å². The lowest BCUT2D eigenvalue weighted by Crippen LogP contribution is -2.41. The van der Waals surface area contributed by atoms with Gasteiger partial charge in [0.25, 0.3) is 0 Å². The van der Waals surface area contributed by atoms with Crippen LogP contribution < -0.4 is 10.8 Å². The molecule has 1 aliphatic heterocycles. The summed E-state index contributed by atoms with van der Waals surface area (Å²) in [6, 6.07) is 0.298. The Kier molecular flexibility index (Phi) is 6.05. The van der Waals surface area contributed by atoms with Crippen LogP contribution in [0.15, 0.2) is 0 Å². The van der Waals surface area contributed by atoms with Crippen LogP contribution in [-0.4, -0.2) is 36.6 Å². The number of carbonyl (C=O) groups excluding carboxylic acids is 1. The second-order valence-corrected chi connectivity index (χ2v) is 5.31. The lowest BCUT2D eigenvalue weighted by molar-refractivity contribution is -0.134. The fourth-order valence-electron chi connectivity index (χ4n) is 1.31. The van der Waals surface area contributed by atoms with Crippen LogP contribution in [0.1, 0.15) is 20.3 Å². The van der Waals surface area contributed by atoms with E-state index < -0.39 is 0 Å². The molecule has 0 aromatic heterocycles. The number of hydroxylamine groups is 1. The monoisotopic (exact) mass is 232 g/mol. The van der Waals surface area contributed by atoms with Gasteiger partial charge in [0, 0.05) is 30.5 Å². The lowest BCUT2D eigenvalue weighted by atomic mass is 10.2. The van der Waals surface area contributed by atoms with Crippen molar-refractivity contribution < 1.29 is 9.63 Å². The van der Waals surface area contributed by atoms with E-state index >= 15 is 0 Å². The first-order chi connectivity index (χ1) is 7.18. The summed E-state index contributed by atoms with van der Waals surface area (Å²) in [6.07, 6.45) is 0.505. The van der Waals surface area contributed by atoms with Crippen molar-refractivity contribution in [3.63, 3.8) is 0 Å². The molecular formula is C10H20N2O2S. The van der Waals surface area contributed by atoms with Gasteiger partial charge in [-0.05, 0) is 5.92 Å². The average molecular weight is 232 g/mol. The smallest absolute Gasteiger partial charge is 0.245 e. The Hall–Kier alpha value is -0.260. The normalized spacial score (nSPS) is 21.7. The Morgan fingerprint density at radius 1 is 1.67 bits per heavy atom. The predicted molar refractivity (Wildman–Crippen MR) is 62.7 cm³/mol. The van der Waals surface area contributed by atoms with E-state index in [0.717, 1.165) is 18.1 Å². The van der Waals surface area contributed by atoms with Crippen molar-refractivity contribution in [1.82, 2.24) is 10.8 Å². The average Bonchev–Trinajstić information content (AvgIpc) is 2.18. The summed E-state index contributed by atoms with van der Waals surface area (Å²) in [5.41, 5.74) is 2.47. The van der Waals surface area contributed by atoms with E-state index in [0.29, 0.717) is 25.0 Å². The summed E-state index contributed by atoms with van der Waals surface area (Å²) < 4.78 is 0. The Morgan fingerprint density at radius 2 is 2.47 bits per heavy atom. The molecule has 0 bridgehead atoms. The molecule has 0 aromatic carbocycles. The lowest BCUT2D eigenvalue weighted by Gasteiger charge is -2.22. The van der Waals surface area contributed by atoms with Gasteiger partial charge in [-0.25, -0.2) is 5.48 Å². The molecule has 1 aliphatic rings. The third-order valence-electron chi connectivity index (χ3n) is 2.03. The molecular weight excluding hydrogens is 212 g/mol. The van der Waals surface area contributed by atoms with Crippen LogP contribution in [0.2, 0.25) is 0 Å². The van der Waals surface area contributed by atoms with Crippen molar-refractivity contribution in [2.45, 2.75) is 26.3 Å².